The Kier molecular flexibility index (Phi) is 8.97. The molecule has 178 valence electrons. The van der Waals surface area contributed by atoms with Crippen LogP contribution < -0.4 is 4.74 Å². The molecule has 0 heterocycles. The Morgan fingerprint density at radius 2 is 2.00 bits per heavy atom. The van der Waals surface area contributed by atoms with Crippen molar-refractivity contribution in [3.05, 3.63) is 29.3 Å². The Hall–Kier alpha value is -2.08. The van der Waals surface area contributed by atoms with Gasteiger partial charge >= 0.3 is 11.9 Å². The van der Waals surface area contributed by atoms with Crippen molar-refractivity contribution in [3.63, 3.8) is 0 Å². The van der Waals surface area contributed by atoms with Crippen molar-refractivity contribution in [2.24, 2.45) is 23.7 Å². The molecule has 1 aromatic rings. The second-order valence-electron chi connectivity index (χ2n) is 9.59. The van der Waals surface area contributed by atoms with E-state index in [-0.39, 0.29) is 24.6 Å². The van der Waals surface area contributed by atoms with Gasteiger partial charge in [-0.1, -0.05) is 38.3 Å². The van der Waals surface area contributed by atoms with Crippen LogP contribution in [0.4, 0.5) is 0 Å². The molecule has 3 rings (SSSR count). The second-order valence-corrected chi connectivity index (χ2v) is 9.59. The Morgan fingerprint density at radius 1 is 1.19 bits per heavy atom. The molecule has 5 atom stereocenters. The standard InChI is InChI=1S/C26H38O6/c1-3-4-5-7-17(12-26(30)31-2)10-11-20-21-13-18-8-6-9-24(32-16-25(28)29)22(18)14-19(21)15-23(20)27/h6,8-9,17,19-21,23,27H,3-5,7,10-16H2,1-2H3,(H,28,29)/t17-,19-,20+,21-,23+/m0/s1. The number of fused-ring (bicyclic) bond motifs is 2. The molecule has 0 radical (unpaired) electrons. The van der Waals surface area contributed by atoms with Crippen LogP contribution in [0.15, 0.2) is 18.2 Å². The third-order valence-electron chi connectivity index (χ3n) is 7.50. The number of hydrogen-bond acceptors (Lipinski definition) is 5. The minimum Gasteiger partial charge on any atom is -0.482 e. The summed E-state index contributed by atoms with van der Waals surface area (Å²) in [7, 11) is 1.45. The van der Waals surface area contributed by atoms with Crippen LogP contribution >= 0.6 is 0 Å². The first-order chi connectivity index (χ1) is 15.4. The van der Waals surface area contributed by atoms with E-state index in [1.165, 1.54) is 19.1 Å². The third-order valence-corrected chi connectivity index (χ3v) is 7.50. The predicted molar refractivity (Wildman–Crippen MR) is 122 cm³/mol. The number of aliphatic hydroxyl groups is 1. The van der Waals surface area contributed by atoms with Crippen LogP contribution in [0, 0.1) is 23.7 Å². The quantitative estimate of drug-likeness (QED) is 0.365. The van der Waals surface area contributed by atoms with Crippen LogP contribution in [0.25, 0.3) is 0 Å². The van der Waals surface area contributed by atoms with E-state index in [0.29, 0.717) is 29.9 Å². The molecule has 0 bridgehead atoms. The second kappa shape index (κ2) is 11.7. The Labute approximate surface area is 191 Å². The summed E-state index contributed by atoms with van der Waals surface area (Å²) in [6, 6.07) is 5.88. The zero-order valence-electron chi connectivity index (χ0n) is 19.4. The highest BCUT2D eigenvalue weighted by Gasteiger charge is 2.45. The molecule has 1 aromatic carbocycles. The van der Waals surface area contributed by atoms with Crippen LogP contribution in [0.3, 0.4) is 0 Å². The third kappa shape index (κ3) is 6.25. The molecule has 1 saturated carbocycles. The highest BCUT2D eigenvalue weighted by atomic mass is 16.5. The molecule has 2 aliphatic carbocycles. The van der Waals surface area contributed by atoms with Crippen molar-refractivity contribution in [2.75, 3.05) is 13.7 Å². The lowest BCUT2D eigenvalue weighted by atomic mass is 9.73. The summed E-state index contributed by atoms with van der Waals surface area (Å²) in [6.45, 7) is 1.85. The van der Waals surface area contributed by atoms with Gasteiger partial charge in [0, 0.05) is 6.42 Å². The molecular formula is C26H38O6. The fourth-order valence-electron chi connectivity index (χ4n) is 5.86. The van der Waals surface area contributed by atoms with Gasteiger partial charge in [-0.3, -0.25) is 4.79 Å². The fourth-order valence-corrected chi connectivity index (χ4v) is 5.86. The van der Waals surface area contributed by atoms with Gasteiger partial charge in [0.25, 0.3) is 0 Å². The maximum atomic E-state index is 11.9. The van der Waals surface area contributed by atoms with Gasteiger partial charge in [0.1, 0.15) is 5.75 Å². The van der Waals surface area contributed by atoms with Crippen LogP contribution in [-0.4, -0.2) is 42.0 Å². The molecule has 2 N–H and O–H groups in total. The monoisotopic (exact) mass is 446 g/mol. The van der Waals surface area contributed by atoms with Gasteiger partial charge < -0.3 is 19.7 Å². The Bertz CT molecular complexity index is 776. The van der Waals surface area contributed by atoms with Gasteiger partial charge in [-0.05, 0) is 79.4 Å². The maximum absolute atomic E-state index is 11.9. The molecular weight excluding hydrogens is 408 g/mol. The minimum absolute atomic E-state index is 0.142. The average molecular weight is 447 g/mol. The summed E-state index contributed by atoms with van der Waals surface area (Å²) in [5, 5.41) is 19.9. The zero-order chi connectivity index (χ0) is 23.1. The molecule has 6 heteroatoms. The van der Waals surface area contributed by atoms with E-state index in [4.69, 9.17) is 14.6 Å². The number of ether oxygens (including phenoxy) is 2. The van der Waals surface area contributed by atoms with E-state index in [1.807, 2.05) is 12.1 Å². The molecule has 0 aliphatic heterocycles. The number of unbranched alkanes of at least 4 members (excludes halogenated alkanes) is 2. The smallest absolute Gasteiger partial charge is 0.341 e. The Morgan fingerprint density at radius 3 is 2.72 bits per heavy atom. The molecule has 1 fully saturated rings. The van der Waals surface area contributed by atoms with E-state index in [9.17, 15) is 14.7 Å². The number of aliphatic hydroxyl groups excluding tert-OH is 1. The van der Waals surface area contributed by atoms with Crippen LogP contribution in [0.1, 0.15) is 69.4 Å². The van der Waals surface area contributed by atoms with Crippen LogP contribution in [0.5, 0.6) is 5.75 Å². The van der Waals surface area contributed by atoms with Crippen molar-refractivity contribution < 1.29 is 29.3 Å². The first-order valence-corrected chi connectivity index (χ1v) is 12.1. The molecule has 0 amide bonds. The lowest BCUT2D eigenvalue weighted by Crippen LogP contribution is -2.28. The number of aliphatic carboxylic acids is 1. The number of hydrogen-bond donors (Lipinski definition) is 2. The number of carboxylic acid groups (broad SMARTS) is 1. The van der Waals surface area contributed by atoms with E-state index < -0.39 is 5.97 Å². The molecule has 0 unspecified atom stereocenters. The van der Waals surface area contributed by atoms with Gasteiger partial charge in [-0.25, -0.2) is 4.79 Å². The van der Waals surface area contributed by atoms with E-state index in [0.717, 1.165) is 56.9 Å². The number of carbonyl (C=O) groups is 2. The zero-order valence-corrected chi connectivity index (χ0v) is 19.4. The van der Waals surface area contributed by atoms with Crippen molar-refractivity contribution >= 4 is 11.9 Å². The number of benzene rings is 1. The number of carboxylic acids is 1. The van der Waals surface area contributed by atoms with Crippen molar-refractivity contribution in [1.82, 2.24) is 0 Å². The van der Waals surface area contributed by atoms with E-state index in [1.54, 1.807) is 0 Å². The fraction of sp³-hybridized carbons (Fsp3) is 0.692. The average Bonchev–Trinajstić information content (AvgIpc) is 3.08. The normalized spacial score (nSPS) is 25.0. The largest absolute Gasteiger partial charge is 0.482 e. The summed E-state index contributed by atoms with van der Waals surface area (Å²) in [5.74, 6) is 0.897. The summed E-state index contributed by atoms with van der Waals surface area (Å²) in [6.07, 6.45) is 9.01. The molecule has 0 aromatic heterocycles. The van der Waals surface area contributed by atoms with Gasteiger partial charge in [-0.15, -0.1) is 0 Å². The van der Waals surface area contributed by atoms with Crippen LogP contribution in [-0.2, 0) is 27.2 Å². The van der Waals surface area contributed by atoms with E-state index in [2.05, 4.69) is 13.0 Å². The SMILES string of the molecule is CCCCC[C@@H](CC[C@@H]1[C@H]2Cc3cccc(OCC(=O)O)c3C[C@H]2C[C@H]1O)CC(=O)OC. The predicted octanol–water partition coefficient (Wildman–Crippen LogP) is 4.40. The van der Waals surface area contributed by atoms with Crippen LogP contribution in [0.2, 0.25) is 0 Å². The summed E-state index contributed by atoms with van der Waals surface area (Å²) < 4.78 is 10.4. The molecule has 0 spiro atoms. The number of carbonyl (C=O) groups excluding carboxylic acids is 1. The molecule has 6 nitrogen and oxygen atoms in total. The topological polar surface area (TPSA) is 93.1 Å². The van der Waals surface area contributed by atoms with E-state index >= 15 is 0 Å². The van der Waals surface area contributed by atoms with Crippen molar-refractivity contribution in [3.8, 4) is 5.75 Å². The lowest BCUT2D eigenvalue weighted by molar-refractivity contribution is -0.142. The number of rotatable bonds is 12. The number of esters is 1. The molecule has 32 heavy (non-hydrogen) atoms. The lowest BCUT2D eigenvalue weighted by Gasteiger charge is -2.32. The summed E-state index contributed by atoms with van der Waals surface area (Å²) in [4.78, 5) is 22.8. The Balaban J connectivity index is 1.65. The van der Waals surface area contributed by atoms with Crippen molar-refractivity contribution in [2.45, 2.75) is 77.2 Å². The van der Waals surface area contributed by atoms with Gasteiger partial charge in [0.2, 0.25) is 0 Å². The highest BCUT2D eigenvalue weighted by molar-refractivity contribution is 5.69. The highest BCUT2D eigenvalue weighted by Crippen LogP contribution is 2.48. The minimum atomic E-state index is -0.979. The summed E-state index contributed by atoms with van der Waals surface area (Å²) >= 11 is 0. The van der Waals surface area contributed by atoms with Gasteiger partial charge in [0.05, 0.1) is 13.2 Å². The van der Waals surface area contributed by atoms with Gasteiger partial charge in [-0.2, -0.15) is 0 Å². The molecule has 2 aliphatic rings. The first kappa shape index (κ1) is 24.6. The first-order valence-electron chi connectivity index (χ1n) is 12.1. The van der Waals surface area contributed by atoms with Crippen molar-refractivity contribution in [1.29, 1.82) is 0 Å². The maximum Gasteiger partial charge on any atom is 0.341 e. The summed E-state index contributed by atoms with van der Waals surface area (Å²) in [5.41, 5.74) is 2.31. The van der Waals surface area contributed by atoms with Gasteiger partial charge in [0.15, 0.2) is 6.61 Å². The molecule has 0 saturated heterocycles. The number of methoxy groups -OCH3 is 1.